The summed E-state index contributed by atoms with van der Waals surface area (Å²) >= 11 is 3.35. The molecule has 0 bridgehead atoms. The number of aromatic nitrogens is 6. The summed E-state index contributed by atoms with van der Waals surface area (Å²) in [6.45, 7) is 0. The van der Waals surface area contributed by atoms with Crippen LogP contribution >= 0.6 is 15.9 Å². The lowest BCUT2D eigenvalue weighted by molar-refractivity contribution is 0.800. The molecule has 3 heterocycles. The maximum Gasteiger partial charge on any atom is 0.184 e. The Bertz CT molecular complexity index is 1010. The summed E-state index contributed by atoms with van der Waals surface area (Å²) < 4.78 is 2.48. The minimum Gasteiger partial charge on any atom is -0.393 e. The van der Waals surface area contributed by atoms with Gasteiger partial charge in [0.05, 0.1) is 5.52 Å². The second-order valence-electron chi connectivity index (χ2n) is 4.94. The predicted molar refractivity (Wildman–Crippen MR) is 94.1 cm³/mol. The number of hydrogen-bond acceptors (Lipinski definition) is 7. The van der Waals surface area contributed by atoms with Gasteiger partial charge in [-0.05, 0) is 40.2 Å². The fourth-order valence-corrected chi connectivity index (χ4v) is 2.49. The van der Waals surface area contributed by atoms with Gasteiger partial charge >= 0.3 is 0 Å². The number of nitrogen functional groups attached to an aromatic ring is 1. The van der Waals surface area contributed by atoms with E-state index in [1.165, 1.54) is 6.33 Å². The van der Waals surface area contributed by atoms with Crippen LogP contribution in [0.25, 0.3) is 16.9 Å². The molecule has 0 fully saturated rings. The summed E-state index contributed by atoms with van der Waals surface area (Å²) in [6.07, 6.45) is 3.11. The number of fused-ring (bicyclic) bond motifs is 1. The summed E-state index contributed by atoms with van der Waals surface area (Å²) in [4.78, 5) is 12.7. The Balaban J connectivity index is 1.77. The van der Waals surface area contributed by atoms with E-state index in [-0.39, 0.29) is 0 Å². The van der Waals surface area contributed by atoms with Crippen LogP contribution in [0, 0.1) is 0 Å². The second kappa shape index (κ2) is 5.85. The van der Waals surface area contributed by atoms with Crippen molar-refractivity contribution in [2.75, 3.05) is 11.1 Å². The van der Waals surface area contributed by atoms with Crippen LogP contribution in [0.4, 0.5) is 17.3 Å². The Morgan fingerprint density at radius 2 is 1.92 bits per heavy atom. The number of halogens is 1. The van der Waals surface area contributed by atoms with Gasteiger partial charge in [-0.3, -0.25) is 0 Å². The third-order valence-electron chi connectivity index (χ3n) is 3.39. The van der Waals surface area contributed by atoms with E-state index >= 15 is 0 Å². The zero-order valence-electron chi connectivity index (χ0n) is 12.3. The lowest BCUT2D eigenvalue weighted by atomic mass is 10.3. The summed E-state index contributed by atoms with van der Waals surface area (Å²) in [6, 6.07) is 11.3. The molecule has 1 aromatic carbocycles. The molecule has 9 heteroatoms. The van der Waals surface area contributed by atoms with Gasteiger partial charge in [0.15, 0.2) is 11.6 Å². The molecule has 3 N–H and O–H groups in total. The average Bonchev–Trinajstić information content (AvgIpc) is 3.03. The van der Waals surface area contributed by atoms with Gasteiger partial charge < -0.3 is 11.1 Å². The van der Waals surface area contributed by atoms with Crippen molar-refractivity contribution in [3.05, 3.63) is 53.4 Å². The zero-order valence-corrected chi connectivity index (χ0v) is 13.8. The Kier molecular flexibility index (Phi) is 3.54. The van der Waals surface area contributed by atoms with E-state index in [4.69, 9.17) is 5.73 Å². The van der Waals surface area contributed by atoms with Gasteiger partial charge in [0.25, 0.3) is 0 Å². The summed E-state index contributed by atoms with van der Waals surface area (Å²) in [5, 5.41) is 11.3. The van der Waals surface area contributed by atoms with Gasteiger partial charge in [-0.15, -0.1) is 5.10 Å². The van der Waals surface area contributed by atoms with E-state index in [0.29, 0.717) is 23.1 Å². The minimum atomic E-state index is 0.359. The van der Waals surface area contributed by atoms with Crippen molar-refractivity contribution < 1.29 is 0 Å². The van der Waals surface area contributed by atoms with Crippen molar-refractivity contribution in [2.24, 2.45) is 0 Å². The first-order valence-corrected chi connectivity index (χ1v) is 7.81. The van der Waals surface area contributed by atoms with Crippen LogP contribution in [0.1, 0.15) is 0 Å². The number of nitrogens with two attached hydrogens (primary N) is 1. The zero-order chi connectivity index (χ0) is 16.5. The van der Waals surface area contributed by atoms with Gasteiger partial charge in [-0.2, -0.15) is 4.68 Å². The molecule has 0 saturated carbocycles. The van der Waals surface area contributed by atoms with E-state index in [2.05, 4.69) is 46.5 Å². The Morgan fingerprint density at radius 3 is 2.75 bits per heavy atom. The Labute approximate surface area is 144 Å². The van der Waals surface area contributed by atoms with Crippen molar-refractivity contribution in [1.82, 2.24) is 29.9 Å². The highest BCUT2D eigenvalue weighted by atomic mass is 79.9. The number of para-hydroxylation sites is 1. The molecule has 0 saturated heterocycles. The largest absolute Gasteiger partial charge is 0.393 e. The first-order chi connectivity index (χ1) is 11.7. The third kappa shape index (κ3) is 2.54. The van der Waals surface area contributed by atoms with Gasteiger partial charge in [0.1, 0.15) is 23.3 Å². The van der Waals surface area contributed by atoms with Gasteiger partial charge in [0, 0.05) is 10.7 Å². The normalized spacial score (nSPS) is 10.9. The SMILES string of the molecule is Nc1c(Nc2ccc(Br)cn2)ncnc1-n1nnc2ccccc21. The van der Waals surface area contributed by atoms with Crippen molar-refractivity contribution in [1.29, 1.82) is 0 Å². The molecule has 3 aromatic heterocycles. The van der Waals surface area contributed by atoms with Crippen molar-refractivity contribution in [3.8, 4) is 5.82 Å². The summed E-state index contributed by atoms with van der Waals surface area (Å²) in [5.41, 5.74) is 8.17. The highest BCUT2D eigenvalue weighted by molar-refractivity contribution is 9.10. The maximum atomic E-state index is 6.23. The molecule has 0 aliphatic carbocycles. The van der Waals surface area contributed by atoms with E-state index in [9.17, 15) is 0 Å². The second-order valence-corrected chi connectivity index (χ2v) is 5.85. The van der Waals surface area contributed by atoms with Crippen molar-refractivity contribution >= 4 is 44.3 Å². The number of hydrogen-bond donors (Lipinski definition) is 2. The van der Waals surface area contributed by atoms with Crippen LogP contribution in [0.2, 0.25) is 0 Å². The molecular formula is C15H11BrN8. The molecule has 4 rings (SSSR count). The molecule has 4 aromatic rings. The first kappa shape index (κ1) is 14.5. The molecule has 0 atom stereocenters. The number of benzene rings is 1. The standard InChI is InChI=1S/C15H11BrN8/c16-9-5-6-12(18-7-9)21-14-13(17)15(20-8-19-14)24-11-4-2-1-3-10(11)22-23-24/h1-8H,17H2,(H,18,19,20,21). The lowest BCUT2D eigenvalue weighted by Gasteiger charge is -2.10. The van der Waals surface area contributed by atoms with Crippen molar-refractivity contribution in [3.63, 3.8) is 0 Å². The summed E-state index contributed by atoms with van der Waals surface area (Å²) in [7, 11) is 0. The topological polar surface area (TPSA) is 107 Å². The quantitative estimate of drug-likeness (QED) is 0.560. The van der Waals surface area contributed by atoms with E-state index in [0.717, 1.165) is 15.5 Å². The Hall–Kier alpha value is -3.07. The molecule has 0 radical (unpaired) electrons. The number of nitrogens with zero attached hydrogens (tertiary/aromatic N) is 6. The fraction of sp³-hybridized carbons (Fsp3) is 0. The van der Waals surface area contributed by atoms with E-state index in [1.807, 2.05) is 36.4 Å². The molecule has 8 nitrogen and oxygen atoms in total. The highest BCUT2D eigenvalue weighted by Gasteiger charge is 2.14. The average molecular weight is 383 g/mol. The van der Waals surface area contributed by atoms with Gasteiger partial charge in [-0.1, -0.05) is 17.3 Å². The molecular weight excluding hydrogens is 372 g/mol. The smallest absolute Gasteiger partial charge is 0.184 e. The molecule has 0 aliphatic heterocycles. The van der Waals surface area contributed by atoms with Gasteiger partial charge in [-0.25, -0.2) is 15.0 Å². The lowest BCUT2D eigenvalue weighted by Crippen LogP contribution is -2.09. The van der Waals surface area contributed by atoms with Crippen molar-refractivity contribution in [2.45, 2.75) is 0 Å². The molecule has 0 unspecified atom stereocenters. The number of pyridine rings is 1. The fourth-order valence-electron chi connectivity index (χ4n) is 2.25. The number of anilines is 3. The van der Waals surface area contributed by atoms with E-state index < -0.39 is 0 Å². The predicted octanol–water partition coefficient (Wildman–Crippen LogP) is 2.69. The van der Waals surface area contributed by atoms with Crippen LogP contribution in [-0.2, 0) is 0 Å². The van der Waals surface area contributed by atoms with Crippen LogP contribution in [0.15, 0.2) is 53.4 Å². The molecule has 0 spiro atoms. The van der Waals surface area contributed by atoms with Crippen LogP contribution in [0.3, 0.4) is 0 Å². The monoisotopic (exact) mass is 382 g/mol. The highest BCUT2D eigenvalue weighted by Crippen LogP contribution is 2.26. The molecule has 118 valence electrons. The molecule has 24 heavy (non-hydrogen) atoms. The van der Waals surface area contributed by atoms with Gasteiger partial charge in [0.2, 0.25) is 0 Å². The number of nitrogens with one attached hydrogen (secondary N) is 1. The van der Waals surface area contributed by atoms with E-state index in [1.54, 1.807) is 10.9 Å². The summed E-state index contributed by atoms with van der Waals surface area (Å²) in [5.74, 6) is 1.53. The Morgan fingerprint density at radius 1 is 1.04 bits per heavy atom. The number of rotatable bonds is 3. The van der Waals surface area contributed by atoms with Crippen LogP contribution < -0.4 is 11.1 Å². The van der Waals surface area contributed by atoms with Crippen LogP contribution in [0.5, 0.6) is 0 Å². The third-order valence-corrected chi connectivity index (χ3v) is 3.86. The first-order valence-electron chi connectivity index (χ1n) is 7.02. The molecule has 0 amide bonds. The maximum absolute atomic E-state index is 6.23. The molecule has 0 aliphatic rings. The minimum absolute atomic E-state index is 0.359. The van der Waals surface area contributed by atoms with Crippen LogP contribution in [-0.4, -0.2) is 29.9 Å².